The lowest BCUT2D eigenvalue weighted by Crippen LogP contribution is -2.17. The number of aromatic nitrogens is 2. The molecule has 0 fully saturated rings. The number of imidazole rings is 1. The molecule has 0 aliphatic heterocycles. The molecule has 0 bridgehead atoms. The first-order chi connectivity index (χ1) is 6.74. The van der Waals surface area contributed by atoms with Crippen molar-refractivity contribution in [3.63, 3.8) is 0 Å². The van der Waals surface area contributed by atoms with Gasteiger partial charge in [-0.2, -0.15) is 0 Å². The second-order valence-electron chi connectivity index (χ2n) is 3.72. The van der Waals surface area contributed by atoms with Crippen LogP contribution in [0.1, 0.15) is 12.2 Å². The molecular weight excluding hydrogens is 176 g/mol. The molecule has 0 aliphatic rings. The minimum atomic E-state index is 0.842. The number of nitrogens with one attached hydrogen (secondary N) is 1. The van der Waals surface area contributed by atoms with Crippen molar-refractivity contribution < 1.29 is 0 Å². The summed E-state index contributed by atoms with van der Waals surface area (Å²) in [5.74, 6) is 1.12. The first-order valence-electron chi connectivity index (χ1n) is 5.03. The Morgan fingerprint density at radius 3 is 2.93 bits per heavy atom. The lowest BCUT2D eigenvalue weighted by molar-refractivity contribution is 0.384. The largest absolute Gasteiger partial charge is 0.334 e. The molecule has 1 N–H and O–H groups in total. The molecule has 1 heterocycles. The van der Waals surface area contributed by atoms with E-state index in [2.05, 4.69) is 33.9 Å². The Kier molecular flexibility index (Phi) is 4.62. The van der Waals surface area contributed by atoms with Gasteiger partial charge in [0.25, 0.3) is 0 Å². The number of aryl methyl sites for hydroxylation is 1. The van der Waals surface area contributed by atoms with Gasteiger partial charge in [0.15, 0.2) is 0 Å². The highest BCUT2D eigenvalue weighted by molar-refractivity contribution is 4.91. The second-order valence-corrected chi connectivity index (χ2v) is 3.72. The highest BCUT2D eigenvalue weighted by Gasteiger charge is 2.00. The third-order valence-corrected chi connectivity index (χ3v) is 2.14. The van der Waals surface area contributed by atoms with Gasteiger partial charge in [-0.25, -0.2) is 4.98 Å². The van der Waals surface area contributed by atoms with Crippen LogP contribution < -0.4 is 5.32 Å². The second kappa shape index (κ2) is 5.78. The summed E-state index contributed by atoms with van der Waals surface area (Å²) >= 11 is 0. The van der Waals surface area contributed by atoms with Crippen molar-refractivity contribution in [1.82, 2.24) is 19.8 Å². The van der Waals surface area contributed by atoms with Crippen LogP contribution in [0.2, 0.25) is 0 Å². The molecular formula is C10H20N4. The molecule has 80 valence electrons. The smallest absolute Gasteiger partial charge is 0.122 e. The van der Waals surface area contributed by atoms with Gasteiger partial charge in [-0.15, -0.1) is 0 Å². The predicted octanol–water partition coefficient (Wildman–Crippen LogP) is 0.554. The normalized spacial score (nSPS) is 11.1. The summed E-state index contributed by atoms with van der Waals surface area (Å²) in [6.45, 7) is 3.02. The van der Waals surface area contributed by atoms with Crippen LogP contribution in [-0.2, 0) is 13.1 Å². The zero-order valence-electron chi connectivity index (χ0n) is 9.32. The van der Waals surface area contributed by atoms with Crippen molar-refractivity contribution in [2.45, 2.75) is 19.5 Å². The van der Waals surface area contributed by atoms with E-state index in [1.54, 1.807) is 0 Å². The zero-order chi connectivity index (χ0) is 10.4. The van der Waals surface area contributed by atoms with Gasteiger partial charge in [-0.05, 0) is 34.1 Å². The van der Waals surface area contributed by atoms with E-state index in [1.807, 2.05) is 19.4 Å². The van der Waals surface area contributed by atoms with Crippen LogP contribution in [0.4, 0.5) is 0 Å². The van der Waals surface area contributed by atoms with Crippen LogP contribution in [0.5, 0.6) is 0 Å². The van der Waals surface area contributed by atoms with Crippen molar-refractivity contribution in [2.75, 3.05) is 27.7 Å². The van der Waals surface area contributed by atoms with Crippen LogP contribution in [-0.4, -0.2) is 42.1 Å². The van der Waals surface area contributed by atoms with Crippen LogP contribution in [0, 0.1) is 0 Å². The average molecular weight is 196 g/mol. The van der Waals surface area contributed by atoms with Crippen molar-refractivity contribution in [3.05, 3.63) is 18.2 Å². The van der Waals surface area contributed by atoms with Gasteiger partial charge in [0.1, 0.15) is 5.82 Å². The Bertz CT molecular complexity index is 254. The fourth-order valence-corrected chi connectivity index (χ4v) is 1.43. The Labute approximate surface area is 85.9 Å². The molecule has 0 aromatic carbocycles. The Balaban J connectivity index is 2.37. The fourth-order valence-electron chi connectivity index (χ4n) is 1.43. The lowest BCUT2D eigenvalue weighted by Gasteiger charge is -2.11. The van der Waals surface area contributed by atoms with Gasteiger partial charge < -0.3 is 14.8 Å². The predicted molar refractivity (Wildman–Crippen MR) is 58.2 cm³/mol. The topological polar surface area (TPSA) is 33.1 Å². The minimum absolute atomic E-state index is 0.842. The van der Waals surface area contributed by atoms with E-state index in [1.165, 1.54) is 6.42 Å². The molecule has 0 radical (unpaired) electrons. The van der Waals surface area contributed by atoms with E-state index in [0.717, 1.165) is 25.5 Å². The highest BCUT2D eigenvalue weighted by Crippen LogP contribution is 1.99. The molecule has 1 rings (SSSR count). The molecule has 0 atom stereocenters. The maximum atomic E-state index is 4.29. The Morgan fingerprint density at radius 2 is 2.29 bits per heavy atom. The maximum absolute atomic E-state index is 4.29. The first-order valence-corrected chi connectivity index (χ1v) is 5.03. The summed E-state index contributed by atoms with van der Waals surface area (Å²) in [4.78, 5) is 6.49. The van der Waals surface area contributed by atoms with Crippen molar-refractivity contribution in [3.8, 4) is 0 Å². The van der Waals surface area contributed by atoms with Gasteiger partial charge >= 0.3 is 0 Å². The third kappa shape index (κ3) is 3.47. The quantitative estimate of drug-likeness (QED) is 0.721. The number of nitrogens with zero attached hydrogens (tertiary/aromatic N) is 3. The van der Waals surface area contributed by atoms with E-state index >= 15 is 0 Å². The van der Waals surface area contributed by atoms with E-state index in [-0.39, 0.29) is 0 Å². The molecule has 1 aromatic rings. The molecule has 1 aromatic heterocycles. The molecule has 0 aliphatic carbocycles. The average Bonchev–Trinajstić information content (AvgIpc) is 2.53. The van der Waals surface area contributed by atoms with Crippen LogP contribution in [0.3, 0.4) is 0 Å². The summed E-state index contributed by atoms with van der Waals surface area (Å²) in [7, 11) is 6.14. The molecule has 0 saturated carbocycles. The van der Waals surface area contributed by atoms with Gasteiger partial charge in [-0.3, -0.25) is 0 Å². The summed E-state index contributed by atoms with van der Waals surface area (Å²) < 4.78 is 2.21. The van der Waals surface area contributed by atoms with Crippen molar-refractivity contribution in [1.29, 1.82) is 0 Å². The van der Waals surface area contributed by atoms with E-state index < -0.39 is 0 Å². The molecule has 0 saturated heterocycles. The number of hydrogen-bond acceptors (Lipinski definition) is 3. The van der Waals surface area contributed by atoms with Gasteiger partial charge in [-0.1, -0.05) is 0 Å². The van der Waals surface area contributed by atoms with E-state index in [9.17, 15) is 0 Å². The third-order valence-electron chi connectivity index (χ3n) is 2.14. The molecule has 0 amide bonds. The Morgan fingerprint density at radius 1 is 1.50 bits per heavy atom. The van der Waals surface area contributed by atoms with Crippen LogP contribution in [0.25, 0.3) is 0 Å². The zero-order valence-corrected chi connectivity index (χ0v) is 9.32. The summed E-state index contributed by atoms with van der Waals surface area (Å²) in [5.41, 5.74) is 0. The summed E-state index contributed by atoms with van der Waals surface area (Å²) in [5, 5.41) is 3.12. The van der Waals surface area contributed by atoms with Crippen molar-refractivity contribution in [2.24, 2.45) is 0 Å². The lowest BCUT2D eigenvalue weighted by atomic mass is 10.4. The van der Waals surface area contributed by atoms with Gasteiger partial charge in [0.05, 0.1) is 6.54 Å². The van der Waals surface area contributed by atoms with Crippen LogP contribution in [0.15, 0.2) is 12.4 Å². The van der Waals surface area contributed by atoms with Gasteiger partial charge in [0, 0.05) is 18.9 Å². The highest BCUT2D eigenvalue weighted by atomic mass is 15.1. The number of rotatable bonds is 6. The first kappa shape index (κ1) is 11.2. The minimum Gasteiger partial charge on any atom is -0.334 e. The molecule has 14 heavy (non-hydrogen) atoms. The van der Waals surface area contributed by atoms with Crippen molar-refractivity contribution >= 4 is 0 Å². The van der Waals surface area contributed by atoms with E-state index in [4.69, 9.17) is 0 Å². The Hall–Kier alpha value is -0.870. The number of hydrogen-bond donors (Lipinski definition) is 1. The molecule has 4 heteroatoms. The monoisotopic (exact) mass is 196 g/mol. The van der Waals surface area contributed by atoms with Gasteiger partial charge in [0.2, 0.25) is 0 Å². The fraction of sp³-hybridized carbons (Fsp3) is 0.700. The van der Waals surface area contributed by atoms with Crippen LogP contribution >= 0.6 is 0 Å². The maximum Gasteiger partial charge on any atom is 0.122 e. The SMILES string of the molecule is CNCc1nccn1CCCN(C)C. The summed E-state index contributed by atoms with van der Waals surface area (Å²) in [6.07, 6.45) is 5.07. The molecule has 4 nitrogen and oxygen atoms in total. The molecule has 0 unspecified atom stereocenters. The molecule has 0 spiro atoms. The van der Waals surface area contributed by atoms with E-state index in [0.29, 0.717) is 0 Å². The standard InChI is InChI=1S/C10H20N4/c1-11-9-10-12-5-8-14(10)7-4-6-13(2)3/h5,8,11H,4,6-7,9H2,1-3H3. The summed E-state index contributed by atoms with van der Waals surface area (Å²) in [6, 6.07) is 0.